The highest BCUT2D eigenvalue weighted by atomic mass is 32.1. The minimum Gasteiger partial charge on any atom is -0.497 e. The van der Waals surface area contributed by atoms with Crippen molar-refractivity contribution in [2.75, 3.05) is 13.7 Å². The van der Waals surface area contributed by atoms with Crippen LogP contribution in [-0.4, -0.2) is 33.7 Å². The minimum atomic E-state index is -0.215. The number of benzene rings is 1. The molecule has 0 saturated carbocycles. The third kappa shape index (κ3) is 3.43. The Kier molecular flexibility index (Phi) is 4.64. The van der Waals surface area contributed by atoms with E-state index in [0.29, 0.717) is 23.3 Å². The molecule has 27 heavy (non-hydrogen) atoms. The summed E-state index contributed by atoms with van der Waals surface area (Å²) in [7, 11) is 1.64. The van der Waals surface area contributed by atoms with E-state index in [1.165, 1.54) is 22.2 Å². The van der Waals surface area contributed by atoms with E-state index in [0.717, 1.165) is 16.7 Å². The molecule has 0 aliphatic heterocycles. The zero-order valence-electron chi connectivity index (χ0n) is 14.7. The smallest absolute Gasteiger partial charge is 0.271 e. The van der Waals surface area contributed by atoms with Crippen LogP contribution in [0.1, 0.15) is 0 Å². The second-order valence-electron chi connectivity index (χ2n) is 6.10. The lowest BCUT2D eigenvalue weighted by Crippen LogP contribution is -2.33. The molecular formula is C19H18N4O3S. The highest BCUT2D eigenvalue weighted by Crippen LogP contribution is 2.21. The van der Waals surface area contributed by atoms with Gasteiger partial charge in [0.05, 0.1) is 19.0 Å². The summed E-state index contributed by atoms with van der Waals surface area (Å²) in [5.41, 5.74) is 1.56. The van der Waals surface area contributed by atoms with Gasteiger partial charge in [0, 0.05) is 30.2 Å². The maximum atomic E-state index is 12.3. The Morgan fingerprint density at radius 2 is 2.15 bits per heavy atom. The van der Waals surface area contributed by atoms with Crippen molar-refractivity contribution in [1.29, 1.82) is 0 Å². The molecule has 0 atom stereocenters. The fourth-order valence-electron chi connectivity index (χ4n) is 3.02. The topological polar surface area (TPSA) is 78.2 Å². The fraction of sp³-hybridized carbons (Fsp3) is 0.211. The van der Waals surface area contributed by atoms with Crippen molar-refractivity contribution in [2.24, 2.45) is 0 Å². The fourth-order valence-corrected chi connectivity index (χ4v) is 3.81. The Morgan fingerprint density at radius 1 is 1.26 bits per heavy atom. The van der Waals surface area contributed by atoms with Gasteiger partial charge in [-0.1, -0.05) is 0 Å². The average molecular weight is 382 g/mol. The number of fused-ring (bicyclic) bond motifs is 2. The number of carbonyl (C=O) groups is 1. The van der Waals surface area contributed by atoms with Gasteiger partial charge in [0.25, 0.3) is 5.56 Å². The summed E-state index contributed by atoms with van der Waals surface area (Å²) < 4.78 is 9.21. The molecule has 4 aromatic rings. The quantitative estimate of drug-likeness (QED) is 0.555. The van der Waals surface area contributed by atoms with E-state index in [1.807, 2.05) is 35.8 Å². The van der Waals surface area contributed by atoms with Gasteiger partial charge in [-0.2, -0.15) is 0 Å². The van der Waals surface area contributed by atoms with Gasteiger partial charge < -0.3 is 14.6 Å². The van der Waals surface area contributed by atoms with E-state index in [4.69, 9.17) is 4.74 Å². The van der Waals surface area contributed by atoms with Crippen molar-refractivity contribution in [3.05, 3.63) is 58.6 Å². The largest absolute Gasteiger partial charge is 0.497 e. The number of ether oxygens (including phenoxy) is 1. The number of rotatable bonds is 6. The summed E-state index contributed by atoms with van der Waals surface area (Å²) in [6.45, 7) is 1.07. The highest BCUT2D eigenvalue weighted by Gasteiger charge is 2.09. The molecule has 7 nitrogen and oxygen atoms in total. The molecule has 138 valence electrons. The van der Waals surface area contributed by atoms with Crippen LogP contribution >= 0.6 is 11.3 Å². The minimum absolute atomic E-state index is 0.0384. The molecule has 8 heteroatoms. The third-order valence-electron chi connectivity index (χ3n) is 4.40. The summed E-state index contributed by atoms with van der Waals surface area (Å²) in [5, 5.41) is 5.76. The Balaban J connectivity index is 1.38. The Hall–Kier alpha value is -3.13. The van der Waals surface area contributed by atoms with Gasteiger partial charge in [-0.3, -0.25) is 14.2 Å². The lowest BCUT2D eigenvalue weighted by atomic mass is 10.2. The van der Waals surface area contributed by atoms with Gasteiger partial charge >= 0.3 is 0 Å². The van der Waals surface area contributed by atoms with Crippen LogP contribution in [0.3, 0.4) is 0 Å². The summed E-state index contributed by atoms with van der Waals surface area (Å²) in [6.07, 6.45) is 3.40. The van der Waals surface area contributed by atoms with Crippen molar-refractivity contribution in [3.63, 3.8) is 0 Å². The second-order valence-corrected chi connectivity index (χ2v) is 7.01. The van der Waals surface area contributed by atoms with Gasteiger partial charge in [-0.15, -0.1) is 11.3 Å². The molecule has 3 aromatic heterocycles. The monoisotopic (exact) mass is 382 g/mol. The Morgan fingerprint density at radius 3 is 3.00 bits per heavy atom. The zero-order chi connectivity index (χ0) is 18.8. The van der Waals surface area contributed by atoms with E-state index in [9.17, 15) is 9.59 Å². The van der Waals surface area contributed by atoms with Gasteiger partial charge in [0.15, 0.2) is 0 Å². The predicted molar refractivity (Wildman–Crippen MR) is 105 cm³/mol. The molecule has 1 N–H and O–H groups in total. The molecule has 1 aromatic carbocycles. The summed E-state index contributed by atoms with van der Waals surface area (Å²) in [4.78, 5) is 28.7. The lowest BCUT2D eigenvalue weighted by molar-refractivity contribution is -0.121. The average Bonchev–Trinajstić information content (AvgIpc) is 3.31. The van der Waals surface area contributed by atoms with E-state index < -0.39 is 0 Å². The van der Waals surface area contributed by atoms with Crippen LogP contribution in [0.2, 0.25) is 0 Å². The van der Waals surface area contributed by atoms with E-state index in [2.05, 4.69) is 14.9 Å². The molecule has 0 spiro atoms. The van der Waals surface area contributed by atoms with Crippen molar-refractivity contribution >= 4 is 38.4 Å². The first-order chi connectivity index (χ1) is 13.2. The number of nitrogens with zero attached hydrogens (tertiary/aromatic N) is 3. The van der Waals surface area contributed by atoms with Crippen LogP contribution in [0.15, 0.2) is 53.0 Å². The first kappa shape index (κ1) is 17.3. The SMILES string of the molecule is COc1ccc2c(ccn2CCNC(=O)Cn2cnc3ccsc3c2=O)c1. The summed E-state index contributed by atoms with van der Waals surface area (Å²) in [5.74, 6) is 0.600. The molecule has 0 fully saturated rings. The Bertz CT molecular complexity index is 1170. The van der Waals surface area contributed by atoms with Crippen LogP contribution in [0, 0.1) is 0 Å². The number of aromatic nitrogens is 3. The summed E-state index contributed by atoms with van der Waals surface area (Å²) in [6, 6.07) is 9.70. The first-order valence-electron chi connectivity index (χ1n) is 8.48. The first-order valence-corrected chi connectivity index (χ1v) is 9.36. The number of methoxy groups -OCH3 is 1. The van der Waals surface area contributed by atoms with Crippen LogP contribution in [0.25, 0.3) is 21.1 Å². The van der Waals surface area contributed by atoms with Crippen LogP contribution in [0.5, 0.6) is 5.75 Å². The standard InChI is InChI=1S/C19H18N4O3S/c1-26-14-2-3-16-13(10-14)4-7-22(16)8-6-20-17(24)11-23-12-21-15-5-9-27-18(15)19(23)25/h2-5,7,9-10,12H,6,8,11H2,1H3,(H,20,24). The molecular weight excluding hydrogens is 364 g/mol. The van der Waals surface area contributed by atoms with E-state index in [1.54, 1.807) is 13.2 Å². The maximum Gasteiger partial charge on any atom is 0.271 e. The molecule has 0 radical (unpaired) electrons. The van der Waals surface area contributed by atoms with Gasteiger partial charge in [0.2, 0.25) is 5.91 Å². The number of thiophene rings is 1. The molecule has 0 saturated heterocycles. The van der Waals surface area contributed by atoms with Crippen molar-refractivity contribution in [1.82, 2.24) is 19.4 Å². The van der Waals surface area contributed by atoms with E-state index in [-0.39, 0.29) is 18.0 Å². The van der Waals surface area contributed by atoms with Gasteiger partial charge in [0.1, 0.15) is 17.0 Å². The van der Waals surface area contributed by atoms with Crippen LogP contribution < -0.4 is 15.6 Å². The molecule has 3 heterocycles. The lowest BCUT2D eigenvalue weighted by Gasteiger charge is -2.09. The molecule has 0 aliphatic carbocycles. The Labute approximate surface area is 158 Å². The molecule has 4 rings (SSSR count). The molecule has 0 unspecified atom stereocenters. The molecule has 1 amide bonds. The number of nitrogens with one attached hydrogen (secondary N) is 1. The number of carbonyl (C=O) groups excluding carboxylic acids is 1. The van der Waals surface area contributed by atoms with Crippen molar-refractivity contribution in [2.45, 2.75) is 13.1 Å². The maximum absolute atomic E-state index is 12.3. The zero-order valence-corrected chi connectivity index (χ0v) is 15.5. The van der Waals surface area contributed by atoms with E-state index >= 15 is 0 Å². The van der Waals surface area contributed by atoms with Crippen molar-refractivity contribution in [3.8, 4) is 5.75 Å². The highest BCUT2D eigenvalue weighted by molar-refractivity contribution is 7.17. The van der Waals surface area contributed by atoms with Gasteiger partial charge in [-0.25, -0.2) is 4.98 Å². The van der Waals surface area contributed by atoms with Crippen molar-refractivity contribution < 1.29 is 9.53 Å². The number of amides is 1. The molecule has 0 bridgehead atoms. The normalized spacial score (nSPS) is 11.1. The summed E-state index contributed by atoms with van der Waals surface area (Å²) >= 11 is 1.34. The van der Waals surface area contributed by atoms with Crippen LogP contribution in [0.4, 0.5) is 0 Å². The van der Waals surface area contributed by atoms with Crippen LogP contribution in [-0.2, 0) is 17.9 Å². The number of hydrogen-bond donors (Lipinski definition) is 1. The predicted octanol–water partition coefficient (Wildman–Crippen LogP) is 2.24. The number of hydrogen-bond acceptors (Lipinski definition) is 5. The molecule has 0 aliphatic rings. The van der Waals surface area contributed by atoms with Gasteiger partial charge in [-0.05, 0) is 35.7 Å². The second kappa shape index (κ2) is 7.24. The third-order valence-corrected chi connectivity index (χ3v) is 5.29.